The van der Waals surface area contributed by atoms with Crippen molar-refractivity contribution in [2.24, 2.45) is 5.73 Å². The molecule has 2 nitrogen and oxygen atoms in total. The van der Waals surface area contributed by atoms with Gasteiger partial charge in [-0.05, 0) is 25.1 Å². The van der Waals surface area contributed by atoms with Crippen LogP contribution in [0.3, 0.4) is 0 Å². The first kappa shape index (κ1) is 10.6. The Balaban J connectivity index is 2.68. The van der Waals surface area contributed by atoms with Gasteiger partial charge in [0.15, 0.2) is 0 Å². The molecule has 0 unspecified atom stereocenters. The van der Waals surface area contributed by atoms with Crippen LogP contribution in [0, 0.1) is 11.8 Å². The molecule has 2 N–H and O–H groups in total. The maximum atomic E-state index is 5.37. The number of unbranched alkanes of at least 4 members (excludes halogenated alkanes) is 1. The van der Waals surface area contributed by atoms with Crippen molar-refractivity contribution in [3.05, 3.63) is 29.8 Å². The molecule has 14 heavy (non-hydrogen) atoms. The minimum Gasteiger partial charge on any atom is -0.495 e. The summed E-state index contributed by atoms with van der Waals surface area (Å²) in [6.45, 7) is 0.695. The Morgan fingerprint density at radius 1 is 1.36 bits per heavy atom. The van der Waals surface area contributed by atoms with Gasteiger partial charge in [0.1, 0.15) is 5.75 Å². The van der Waals surface area contributed by atoms with Crippen LogP contribution in [-0.4, -0.2) is 13.7 Å². The minimum atomic E-state index is 0.695. The molecule has 0 aliphatic rings. The molecule has 0 saturated carbocycles. The van der Waals surface area contributed by atoms with E-state index in [-0.39, 0.29) is 0 Å². The third-order valence-corrected chi connectivity index (χ3v) is 1.84. The molecule has 1 rings (SSSR count). The van der Waals surface area contributed by atoms with E-state index in [0.29, 0.717) is 6.54 Å². The molecule has 0 aliphatic carbocycles. The highest BCUT2D eigenvalue weighted by molar-refractivity contribution is 5.45. The Bertz CT molecular complexity index is 336. The number of benzene rings is 1. The number of methoxy groups -OCH3 is 1. The molecular weight excluding hydrogens is 174 g/mol. The third-order valence-electron chi connectivity index (χ3n) is 1.84. The summed E-state index contributed by atoms with van der Waals surface area (Å²) in [6.07, 6.45) is 1.79. The minimum absolute atomic E-state index is 0.695. The molecule has 0 aliphatic heterocycles. The number of nitrogens with two attached hydrogens (primary N) is 1. The van der Waals surface area contributed by atoms with Crippen LogP contribution in [0.15, 0.2) is 24.3 Å². The average Bonchev–Trinajstić information content (AvgIpc) is 2.25. The van der Waals surface area contributed by atoms with Crippen LogP contribution in [0.1, 0.15) is 18.4 Å². The first-order valence-electron chi connectivity index (χ1n) is 4.70. The Labute approximate surface area is 85.1 Å². The lowest BCUT2D eigenvalue weighted by Crippen LogP contribution is -1.96. The number of hydrogen-bond acceptors (Lipinski definition) is 2. The topological polar surface area (TPSA) is 35.2 Å². The molecule has 0 amide bonds. The van der Waals surface area contributed by atoms with E-state index in [1.807, 2.05) is 24.3 Å². The van der Waals surface area contributed by atoms with E-state index in [2.05, 4.69) is 11.8 Å². The van der Waals surface area contributed by atoms with Crippen molar-refractivity contribution in [1.29, 1.82) is 0 Å². The maximum Gasteiger partial charge on any atom is 0.134 e. The van der Waals surface area contributed by atoms with Gasteiger partial charge in [0.2, 0.25) is 0 Å². The van der Waals surface area contributed by atoms with E-state index >= 15 is 0 Å². The lowest BCUT2D eigenvalue weighted by atomic mass is 10.2. The van der Waals surface area contributed by atoms with Gasteiger partial charge in [-0.2, -0.15) is 0 Å². The molecule has 1 aromatic rings. The zero-order chi connectivity index (χ0) is 10.2. The number of rotatable bonds is 3. The fraction of sp³-hybridized carbons (Fsp3) is 0.333. The van der Waals surface area contributed by atoms with Crippen molar-refractivity contribution in [2.75, 3.05) is 13.7 Å². The third kappa shape index (κ3) is 3.12. The van der Waals surface area contributed by atoms with E-state index in [4.69, 9.17) is 10.5 Å². The first-order chi connectivity index (χ1) is 6.88. The van der Waals surface area contributed by atoms with E-state index in [0.717, 1.165) is 24.2 Å². The van der Waals surface area contributed by atoms with Crippen LogP contribution in [0.5, 0.6) is 5.75 Å². The number of para-hydroxylation sites is 1. The average molecular weight is 189 g/mol. The van der Waals surface area contributed by atoms with Crippen LogP contribution in [0.2, 0.25) is 0 Å². The lowest BCUT2D eigenvalue weighted by Gasteiger charge is -2.00. The zero-order valence-electron chi connectivity index (χ0n) is 8.42. The summed E-state index contributed by atoms with van der Waals surface area (Å²) in [4.78, 5) is 0. The van der Waals surface area contributed by atoms with Gasteiger partial charge in [-0.3, -0.25) is 0 Å². The summed E-state index contributed by atoms with van der Waals surface area (Å²) < 4.78 is 5.18. The van der Waals surface area contributed by atoms with Gasteiger partial charge >= 0.3 is 0 Å². The van der Waals surface area contributed by atoms with E-state index in [1.54, 1.807) is 7.11 Å². The number of hydrogen-bond donors (Lipinski definition) is 1. The largest absolute Gasteiger partial charge is 0.495 e. The Morgan fingerprint density at radius 2 is 2.14 bits per heavy atom. The standard InChI is InChI=1S/C12H15NO/c1-14-12-9-5-4-8-11(12)7-3-2-6-10-13/h4-5,8-9H,2,6,10,13H2,1H3. The zero-order valence-corrected chi connectivity index (χ0v) is 8.42. The van der Waals surface area contributed by atoms with Crippen LogP contribution in [0.25, 0.3) is 0 Å². The van der Waals surface area contributed by atoms with Crippen molar-refractivity contribution in [3.63, 3.8) is 0 Å². The quantitative estimate of drug-likeness (QED) is 0.581. The molecule has 0 radical (unpaired) electrons. The van der Waals surface area contributed by atoms with Crippen molar-refractivity contribution < 1.29 is 4.74 Å². The summed E-state index contributed by atoms with van der Waals surface area (Å²) in [5.41, 5.74) is 6.31. The predicted molar refractivity (Wildman–Crippen MR) is 58.2 cm³/mol. The van der Waals surface area contributed by atoms with Crippen LogP contribution >= 0.6 is 0 Å². The van der Waals surface area contributed by atoms with Gasteiger partial charge in [-0.1, -0.05) is 24.0 Å². The van der Waals surface area contributed by atoms with Crippen LogP contribution in [0.4, 0.5) is 0 Å². The molecule has 0 bridgehead atoms. The van der Waals surface area contributed by atoms with E-state index in [1.165, 1.54) is 0 Å². The van der Waals surface area contributed by atoms with Gasteiger partial charge in [0, 0.05) is 6.42 Å². The second kappa shape index (κ2) is 6.06. The summed E-state index contributed by atoms with van der Waals surface area (Å²) in [6, 6.07) is 7.75. The fourth-order valence-electron chi connectivity index (χ4n) is 1.10. The molecule has 0 spiro atoms. The highest BCUT2D eigenvalue weighted by Gasteiger charge is 1.95. The van der Waals surface area contributed by atoms with Crippen molar-refractivity contribution in [1.82, 2.24) is 0 Å². The van der Waals surface area contributed by atoms with Crippen molar-refractivity contribution >= 4 is 0 Å². The molecule has 0 heterocycles. The molecule has 0 fully saturated rings. The summed E-state index contributed by atoms with van der Waals surface area (Å²) in [5, 5.41) is 0. The summed E-state index contributed by atoms with van der Waals surface area (Å²) in [5.74, 6) is 6.96. The van der Waals surface area contributed by atoms with Gasteiger partial charge < -0.3 is 10.5 Å². The second-order valence-corrected chi connectivity index (χ2v) is 2.89. The molecule has 0 atom stereocenters. The summed E-state index contributed by atoms with van der Waals surface area (Å²) >= 11 is 0. The highest BCUT2D eigenvalue weighted by atomic mass is 16.5. The molecule has 0 aromatic heterocycles. The maximum absolute atomic E-state index is 5.37. The molecule has 1 aromatic carbocycles. The summed E-state index contributed by atoms with van der Waals surface area (Å²) in [7, 11) is 1.65. The molecule has 74 valence electrons. The lowest BCUT2D eigenvalue weighted by molar-refractivity contribution is 0.413. The monoisotopic (exact) mass is 189 g/mol. The second-order valence-electron chi connectivity index (χ2n) is 2.89. The van der Waals surface area contributed by atoms with Gasteiger partial charge in [0.25, 0.3) is 0 Å². The van der Waals surface area contributed by atoms with Gasteiger partial charge in [0.05, 0.1) is 12.7 Å². The van der Waals surface area contributed by atoms with Gasteiger partial charge in [-0.15, -0.1) is 0 Å². The van der Waals surface area contributed by atoms with Crippen molar-refractivity contribution in [2.45, 2.75) is 12.8 Å². The van der Waals surface area contributed by atoms with Crippen LogP contribution in [-0.2, 0) is 0 Å². The van der Waals surface area contributed by atoms with Crippen molar-refractivity contribution in [3.8, 4) is 17.6 Å². The highest BCUT2D eigenvalue weighted by Crippen LogP contribution is 2.15. The van der Waals surface area contributed by atoms with E-state index in [9.17, 15) is 0 Å². The van der Waals surface area contributed by atoms with Gasteiger partial charge in [-0.25, -0.2) is 0 Å². The molecule has 2 heteroatoms. The normalized spacial score (nSPS) is 9.00. The van der Waals surface area contributed by atoms with E-state index < -0.39 is 0 Å². The molecular formula is C12H15NO. The fourth-order valence-corrected chi connectivity index (χ4v) is 1.10. The first-order valence-corrected chi connectivity index (χ1v) is 4.70. The Morgan fingerprint density at radius 3 is 2.86 bits per heavy atom. The predicted octanol–water partition coefficient (Wildman–Crippen LogP) is 1.79. The SMILES string of the molecule is COc1ccccc1C#CCCCN. The number of ether oxygens (including phenoxy) is 1. The van der Waals surface area contributed by atoms with Crippen LogP contribution < -0.4 is 10.5 Å². The Hall–Kier alpha value is -1.46. The Kier molecular flexibility index (Phi) is 4.60. The smallest absolute Gasteiger partial charge is 0.134 e. The molecule has 0 saturated heterocycles.